The molecule has 0 radical (unpaired) electrons. The van der Waals surface area contributed by atoms with Crippen molar-refractivity contribution in [1.82, 2.24) is 9.88 Å². The third-order valence-electron chi connectivity index (χ3n) is 5.92. The highest BCUT2D eigenvalue weighted by Crippen LogP contribution is 2.39. The second-order valence-corrected chi connectivity index (χ2v) is 11.3. The summed E-state index contributed by atoms with van der Waals surface area (Å²) >= 11 is 16.5. The summed E-state index contributed by atoms with van der Waals surface area (Å²) in [5.74, 6) is 2.92. The minimum absolute atomic E-state index is 0.419. The van der Waals surface area contributed by atoms with Crippen molar-refractivity contribution in [3.05, 3.63) is 69.1 Å². The maximum atomic E-state index is 9.73. The van der Waals surface area contributed by atoms with Crippen molar-refractivity contribution in [3.8, 4) is 22.3 Å². The van der Waals surface area contributed by atoms with Gasteiger partial charge in [-0.25, -0.2) is 0 Å². The number of aromatic nitrogens is 1. The quantitative estimate of drug-likeness (QED) is 0.274. The molecule has 5 nitrogen and oxygen atoms in total. The molecule has 0 unspecified atom stereocenters. The molecule has 0 bridgehead atoms. The van der Waals surface area contributed by atoms with Crippen LogP contribution < -0.4 is 10.1 Å². The molecule has 0 spiro atoms. The lowest BCUT2D eigenvalue weighted by atomic mass is 10.1. The Bertz CT molecular complexity index is 1430. The van der Waals surface area contributed by atoms with Crippen molar-refractivity contribution in [3.63, 3.8) is 0 Å². The predicted molar refractivity (Wildman–Crippen MR) is 149 cm³/mol. The van der Waals surface area contributed by atoms with Gasteiger partial charge in [-0.15, -0.1) is 11.3 Å². The lowest BCUT2D eigenvalue weighted by Gasteiger charge is -2.25. The Morgan fingerprint density at radius 3 is 2.71 bits per heavy atom. The number of hydrogen-bond donors (Lipinski definition) is 1. The highest BCUT2D eigenvalue weighted by molar-refractivity contribution is 7.99. The number of thiophene rings is 1. The van der Waals surface area contributed by atoms with Gasteiger partial charge >= 0.3 is 0 Å². The smallest absolute Gasteiger partial charge is 0.139 e. The summed E-state index contributed by atoms with van der Waals surface area (Å²) in [5.41, 5.74) is 3.57. The molecule has 2 aromatic carbocycles. The van der Waals surface area contributed by atoms with Crippen LogP contribution in [0.25, 0.3) is 21.3 Å². The molecule has 2 aromatic heterocycles. The van der Waals surface area contributed by atoms with Gasteiger partial charge < -0.3 is 10.1 Å². The minimum atomic E-state index is 0.419. The molecule has 178 valence electrons. The van der Waals surface area contributed by atoms with Gasteiger partial charge in [0, 0.05) is 58.5 Å². The van der Waals surface area contributed by atoms with E-state index in [2.05, 4.69) is 45.5 Å². The number of nitriles is 1. The second-order valence-electron chi connectivity index (χ2n) is 8.14. The number of rotatable bonds is 6. The standard InChI is InChI=1S/C26H22Cl2N4OS2/c1-33-24-12-23(20(27)11-21(24)28)31-26-17(13-29)14-30-22-10-16(2-4-19(22)26)25-5-3-18(35-25)15-32-6-8-34-9-7-32/h2-5,10-12,14H,6-9,15H2,1H3,(H,30,31). The van der Waals surface area contributed by atoms with E-state index >= 15 is 0 Å². The zero-order valence-corrected chi connectivity index (χ0v) is 22.1. The SMILES string of the molecule is COc1cc(Nc2c(C#N)cnc3cc(-c4ccc(CN5CCSCC5)s4)ccc23)c(Cl)cc1Cl. The predicted octanol–water partition coefficient (Wildman–Crippen LogP) is 7.44. The van der Waals surface area contributed by atoms with Crippen LogP contribution in [0.2, 0.25) is 10.0 Å². The van der Waals surface area contributed by atoms with E-state index in [0.29, 0.717) is 32.7 Å². The Kier molecular flexibility index (Phi) is 7.37. The first kappa shape index (κ1) is 24.2. The van der Waals surface area contributed by atoms with E-state index in [1.54, 1.807) is 25.4 Å². The lowest BCUT2D eigenvalue weighted by Crippen LogP contribution is -2.31. The maximum Gasteiger partial charge on any atom is 0.139 e. The maximum absolute atomic E-state index is 9.73. The van der Waals surface area contributed by atoms with Crippen molar-refractivity contribution in [1.29, 1.82) is 5.26 Å². The number of halogens is 2. The number of nitrogens with one attached hydrogen (secondary N) is 1. The van der Waals surface area contributed by atoms with E-state index in [9.17, 15) is 5.26 Å². The van der Waals surface area contributed by atoms with Gasteiger partial charge in [0.1, 0.15) is 11.8 Å². The first-order valence-electron chi connectivity index (χ1n) is 11.1. The number of ether oxygens (including phenoxy) is 1. The Morgan fingerprint density at radius 1 is 1.11 bits per heavy atom. The van der Waals surface area contributed by atoms with Crippen LogP contribution in [0, 0.1) is 11.3 Å². The van der Waals surface area contributed by atoms with Gasteiger partial charge in [0.15, 0.2) is 0 Å². The molecular formula is C26H22Cl2N4OS2. The number of nitrogens with zero attached hydrogens (tertiary/aromatic N) is 3. The molecule has 9 heteroatoms. The molecule has 5 rings (SSSR count). The minimum Gasteiger partial charge on any atom is -0.495 e. The van der Waals surface area contributed by atoms with E-state index in [4.69, 9.17) is 27.9 Å². The summed E-state index contributed by atoms with van der Waals surface area (Å²) in [6.07, 6.45) is 1.59. The van der Waals surface area contributed by atoms with Gasteiger partial charge in [-0.3, -0.25) is 9.88 Å². The van der Waals surface area contributed by atoms with Gasteiger partial charge in [-0.2, -0.15) is 17.0 Å². The molecule has 1 N–H and O–H groups in total. The average molecular weight is 542 g/mol. The van der Waals surface area contributed by atoms with Crippen LogP contribution in [0.15, 0.2) is 48.7 Å². The van der Waals surface area contributed by atoms with Crippen LogP contribution in [0.5, 0.6) is 5.75 Å². The monoisotopic (exact) mass is 540 g/mol. The first-order chi connectivity index (χ1) is 17.1. The Hall–Kier alpha value is -2.47. The molecule has 3 heterocycles. The summed E-state index contributed by atoms with van der Waals surface area (Å²) in [4.78, 5) is 9.66. The normalized spacial score (nSPS) is 14.1. The summed E-state index contributed by atoms with van der Waals surface area (Å²) in [6.45, 7) is 3.30. The highest BCUT2D eigenvalue weighted by Gasteiger charge is 2.16. The summed E-state index contributed by atoms with van der Waals surface area (Å²) in [7, 11) is 1.55. The number of fused-ring (bicyclic) bond motifs is 1. The number of hydrogen-bond acceptors (Lipinski definition) is 7. The van der Waals surface area contributed by atoms with Crippen LogP contribution >= 0.6 is 46.3 Å². The van der Waals surface area contributed by atoms with Crippen molar-refractivity contribution >= 4 is 68.6 Å². The molecule has 1 fully saturated rings. The number of methoxy groups -OCH3 is 1. The van der Waals surface area contributed by atoms with Crippen LogP contribution in [0.3, 0.4) is 0 Å². The second kappa shape index (κ2) is 10.7. The molecule has 1 aliphatic heterocycles. The molecule has 0 saturated carbocycles. The zero-order valence-electron chi connectivity index (χ0n) is 19.0. The van der Waals surface area contributed by atoms with Gasteiger partial charge in [0.05, 0.1) is 39.6 Å². The van der Waals surface area contributed by atoms with Gasteiger partial charge in [-0.1, -0.05) is 35.3 Å². The zero-order chi connectivity index (χ0) is 24.4. The van der Waals surface area contributed by atoms with Crippen LogP contribution in [0.4, 0.5) is 11.4 Å². The topological polar surface area (TPSA) is 61.2 Å². The third-order valence-corrected chi connectivity index (χ3v) is 8.59. The fourth-order valence-corrected chi connectivity index (χ4v) is 6.61. The average Bonchev–Trinajstić information content (AvgIpc) is 3.34. The van der Waals surface area contributed by atoms with E-state index in [1.807, 2.05) is 29.2 Å². The van der Waals surface area contributed by atoms with E-state index < -0.39 is 0 Å². The first-order valence-corrected chi connectivity index (χ1v) is 13.8. The van der Waals surface area contributed by atoms with Crippen molar-refractivity contribution in [2.45, 2.75) is 6.54 Å². The van der Waals surface area contributed by atoms with Crippen LogP contribution in [-0.2, 0) is 6.54 Å². The molecule has 1 aliphatic rings. The number of thioether (sulfide) groups is 1. The van der Waals surface area contributed by atoms with E-state index in [-0.39, 0.29) is 0 Å². The summed E-state index contributed by atoms with van der Waals surface area (Å²) < 4.78 is 5.33. The number of pyridine rings is 1. The highest BCUT2D eigenvalue weighted by atomic mass is 35.5. The molecular weight excluding hydrogens is 519 g/mol. The van der Waals surface area contributed by atoms with E-state index in [0.717, 1.165) is 36.1 Å². The summed E-state index contributed by atoms with van der Waals surface area (Å²) in [6, 6.07) is 16.1. The largest absolute Gasteiger partial charge is 0.495 e. The third kappa shape index (κ3) is 5.23. The van der Waals surface area contributed by atoms with Crippen LogP contribution in [0.1, 0.15) is 10.4 Å². The fraction of sp³-hybridized carbons (Fsp3) is 0.231. The van der Waals surface area contributed by atoms with Crippen LogP contribution in [-0.4, -0.2) is 41.6 Å². The van der Waals surface area contributed by atoms with E-state index in [1.165, 1.54) is 21.3 Å². The Labute approximate surface area is 222 Å². The van der Waals surface area contributed by atoms with Gasteiger partial charge in [0.25, 0.3) is 0 Å². The van der Waals surface area contributed by atoms with Crippen molar-refractivity contribution < 1.29 is 4.74 Å². The molecule has 0 atom stereocenters. The Balaban J connectivity index is 1.47. The van der Waals surface area contributed by atoms with Gasteiger partial charge in [-0.05, 0) is 29.8 Å². The summed E-state index contributed by atoms with van der Waals surface area (Å²) in [5, 5.41) is 14.7. The molecule has 4 aromatic rings. The number of anilines is 2. The van der Waals surface area contributed by atoms with Crippen molar-refractivity contribution in [2.24, 2.45) is 0 Å². The number of benzene rings is 2. The Morgan fingerprint density at radius 2 is 1.94 bits per heavy atom. The fourth-order valence-electron chi connectivity index (χ4n) is 4.08. The molecule has 0 amide bonds. The molecule has 1 saturated heterocycles. The van der Waals surface area contributed by atoms with Gasteiger partial charge in [0.2, 0.25) is 0 Å². The van der Waals surface area contributed by atoms with Crippen molar-refractivity contribution in [2.75, 3.05) is 37.0 Å². The molecule has 0 aliphatic carbocycles. The molecule has 35 heavy (non-hydrogen) atoms. The lowest BCUT2D eigenvalue weighted by molar-refractivity contribution is 0.297.